The van der Waals surface area contributed by atoms with Gasteiger partial charge in [0.2, 0.25) is 0 Å². The molecule has 38 heavy (non-hydrogen) atoms. The number of likely N-dealkylation sites (tertiary alicyclic amines) is 2. The zero-order chi connectivity index (χ0) is 26.7. The van der Waals surface area contributed by atoms with Gasteiger partial charge in [0.15, 0.2) is 0 Å². The van der Waals surface area contributed by atoms with Crippen molar-refractivity contribution < 1.29 is 14.7 Å². The van der Waals surface area contributed by atoms with Crippen molar-refractivity contribution in [1.29, 1.82) is 0 Å². The fourth-order valence-corrected chi connectivity index (χ4v) is 5.36. The molecule has 0 spiro atoms. The molecule has 3 heterocycles. The lowest BCUT2D eigenvalue weighted by Crippen LogP contribution is -2.52. The topological polar surface area (TPSA) is 117 Å². The first-order valence-electron chi connectivity index (χ1n) is 13.3. The number of carbonyl (C=O) groups excluding carboxylic acids is 2. The first-order valence-corrected chi connectivity index (χ1v) is 13.3. The van der Waals surface area contributed by atoms with Gasteiger partial charge in [0.25, 0.3) is 11.8 Å². The van der Waals surface area contributed by atoms with Crippen LogP contribution in [0.15, 0.2) is 61.1 Å². The van der Waals surface area contributed by atoms with Crippen LogP contribution in [0.1, 0.15) is 47.3 Å². The zero-order valence-corrected chi connectivity index (χ0v) is 21.8. The molecule has 2 amide bonds. The predicted molar refractivity (Wildman–Crippen MR) is 146 cm³/mol. The highest BCUT2D eigenvalue weighted by atomic mass is 16.3. The molecule has 1 aromatic heterocycles. The summed E-state index contributed by atoms with van der Waals surface area (Å²) in [5, 5.41) is 14.2. The summed E-state index contributed by atoms with van der Waals surface area (Å²) in [5.74, 6) is -0.535. The van der Waals surface area contributed by atoms with Crippen molar-refractivity contribution in [3.05, 3.63) is 77.9 Å². The second-order valence-corrected chi connectivity index (χ2v) is 10.6. The van der Waals surface area contributed by atoms with Gasteiger partial charge in [0.1, 0.15) is 5.60 Å². The summed E-state index contributed by atoms with van der Waals surface area (Å²) < 4.78 is 1.93. The van der Waals surface area contributed by atoms with Crippen molar-refractivity contribution in [1.82, 2.24) is 19.4 Å². The number of amides is 2. The van der Waals surface area contributed by atoms with Crippen LogP contribution in [0.25, 0.3) is 5.69 Å². The third kappa shape index (κ3) is 5.96. The molecule has 0 saturated carbocycles. The maximum Gasteiger partial charge on any atom is 0.256 e. The lowest BCUT2D eigenvalue weighted by Gasteiger charge is -2.37. The van der Waals surface area contributed by atoms with Crippen LogP contribution in [0.5, 0.6) is 0 Å². The Morgan fingerprint density at radius 3 is 2.58 bits per heavy atom. The first-order chi connectivity index (χ1) is 18.3. The largest absolute Gasteiger partial charge is 0.380 e. The van der Waals surface area contributed by atoms with Gasteiger partial charge in [-0.3, -0.25) is 14.5 Å². The molecule has 5 rings (SSSR count). The van der Waals surface area contributed by atoms with E-state index in [4.69, 9.17) is 5.73 Å². The van der Waals surface area contributed by atoms with Crippen molar-refractivity contribution in [3.63, 3.8) is 0 Å². The Bertz CT molecular complexity index is 1280. The summed E-state index contributed by atoms with van der Waals surface area (Å²) in [7, 11) is 0. The second-order valence-electron chi connectivity index (χ2n) is 10.6. The van der Waals surface area contributed by atoms with Crippen LogP contribution in [-0.2, 0) is 11.3 Å². The normalized spacial score (nSPS) is 19.8. The van der Waals surface area contributed by atoms with Gasteiger partial charge in [-0.25, -0.2) is 4.98 Å². The van der Waals surface area contributed by atoms with E-state index in [2.05, 4.69) is 21.3 Å². The van der Waals surface area contributed by atoms with Gasteiger partial charge in [0.05, 0.1) is 12.0 Å². The molecule has 0 bridgehead atoms. The van der Waals surface area contributed by atoms with Gasteiger partial charge in [-0.2, -0.15) is 0 Å². The predicted octanol–water partition coefficient (Wildman–Crippen LogP) is 2.71. The average Bonchev–Trinajstić information content (AvgIpc) is 3.35. The van der Waals surface area contributed by atoms with Crippen molar-refractivity contribution in [2.24, 2.45) is 5.73 Å². The minimum Gasteiger partial charge on any atom is -0.380 e. The Morgan fingerprint density at radius 2 is 1.89 bits per heavy atom. The Hall–Kier alpha value is -3.53. The van der Waals surface area contributed by atoms with Crippen LogP contribution in [-0.4, -0.2) is 74.1 Å². The summed E-state index contributed by atoms with van der Waals surface area (Å²) in [5.41, 5.74) is 8.70. The number of hydrogen-bond donors (Lipinski definition) is 3. The molecule has 3 aromatic rings. The molecule has 1 unspecified atom stereocenters. The second kappa shape index (κ2) is 11.1. The number of carbonyl (C=O) groups is 2. The molecule has 2 fully saturated rings. The first kappa shape index (κ1) is 26.1. The maximum absolute atomic E-state index is 13.3. The smallest absolute Gasteiger partial charge is 0.256 e. The maximum atomic E-state index is 13.3. The fourth-order valence-electron chi connectivity index (χ4n) is 5.36. The van der Waals surface area contributed by atoms with Crippen LogP contribution in [0.2, 0.25) is 0 Å². The van der Waals surface area contributed by atoms with Crippen LogP contribution < -0.4 is 11.1 Å². The molecular weight excluding hydrogens is 480 g/mol. The molecule has 1 atom stereocenters. The minimum atomic E-state index is -1.55. The molecule has 9 heteroatoms. The van der Waals surface area contributed by atoms with Gasteiger partial charge >= 0.3 is 0 Å². The average molecular weight is 517 g/mol. The molecule has 9 nitrogen and oxygen atoms in total. The lowest BCUT2D eigenvalue weighted by atomic mass is 9.90. The van der Waals surface area contributed by atoms with Crippen molar-refractivity contribution in [3.8, 4) is 5.69 Å². The van der Waals surface area contributed by atoms with Crippen molar-refractivity contribution in [2.75, 3.05) is 31.5 Å². The number of nitrogens with two attached hydrogens (primary N) is 1. The number of aryl methyl sites for hydroxylation is 1. The highest BCUT2D eigenvalue weighted by Crippen LogP contribution is 2.27. The van der Waals surface area contributed by atoms with Gasteiger partial charge in [-0.1, -0.05) is 18.2 Å². The number of imidazole rings is 1. The molecule has 2 aromatic carbocycles. The third-order valence-corrected chi connectivity index (χ3v) is 7.51. The molecular formula is C29H36N6O3. The Labute approximate surface area is 223 Å². The SMILES string of the molecule is Cc1cn(-c2cc(CN3CCCC(N)C3)cc(NC(=O)C3(O)CCN(C(=O)c4ccccc4)CC3)c2)cn1. The van der Waals surface area contributed by atoms with Crippen LogP contribution in [0.4, 0.5) is 5.69 Å². The molecule has 0 radical (unpaired) electrons. The van der Waals surface area contributed by atoms with Gasteiger partial charge in [-0.15, -0.1) is 0 Å². The number of hydrogen-bond acceptors (Lipinski definition) is 6. The summed E-state index contributed by atoms with van der Waals surface area (Å²) >= 11 is 0. The number of nitrogens with one attached hydrogen (secondary N) is 1. The highest BCUT2D eigenvalue weighted by Gasteiger charge is 2.40. The molecule has 4 N–H and O–H groups in total. The monoisotopic (exact) mass is 516 g/mol. The van der Waals surface area contributed by atoms with E-state index < -0.39 is 11.5 Å². The van der Waals surface area contributed by atoms with E-state index in [-0.39, 0.29) is 24.8 Å². The van der Waals surface area contributed by atoms with E-state index >= 15 is 0 Å². The zero-order valence-electron chi connectivity index (χ0n) is 21.8. The van der Waals surface area contributed by atoms with Gasteiger partial charge < -0.3 is 25.6 Å². The van der Waals surface area contributed by atoms with Crippen LogP contribution in [0.3, 0.4) is 0 Å². The molecule has 2 aliphatic heterocycles. The molecule has 2 saturated heterocycles. The third-order valence-electron chi connectivity index (χ3n) is 7.51. The van der Waals surface area contributed by atoms with E-state index in [1.54, 1.807) is 23.4 Å². The van der Waals surface area contributed by atoms with Crippen LogP contribution in [0, 0.1) is 6.92 Å². The quantitative estimate of drug-likeness (QED) is 0.464. The van der Waals surface area contributed by atoms with Crippen LogP contribution >= 0.6 is 0 Å². The number of rotatable bonds is 6. The van der Waals surface area contributed by atoms with E-state index in [9.17, 15) is 14.7 Å². The Morgan fingerprint density at radius 1 is 1.13 bits per heavy atom. The standard InChI is InChI=1S/C29H36N6O3/c1-21-17-35(20-31-21)26-15-22(18-33-11-5-8-24(30)19-33)14-25(16-26)32-28(37)29(38)9-12-34(13-10-29)27(36)23-6-3-2-4-7-23/h2-4,6-7,14-17,20,24,38H,5,8-13,18-19,30H2,1H3,(H,32,37). The number of anilines is 1. The van der Waals surface area contributed by atoms with E-state index in [0.717, 1.165) is 49.4 Å². The number of benzene rings is 2. The molecule has 0 aliphatic carbocycles. The Balaban J connectivity index is 1.30. The lowest BCUT2D eigenvalue weighted by molar-refractivity contribution is -0.138. The summed E-state index contributed by atoms with van der Waals surface area (Å²) in [6.45, 7) is 5.11. The van der Waals surface area contributed by atoms with Crippen molar-refractivity contribution in [2.45, 2.75) is 50.8 Å². The van der Waals surface area contributed by atoms with E-state index in [1.807, 2.05) is 48.0 Å². The molecule has 200 valence electrons. The number of piperidine rings is 2. The number of aliphatic hydroxyl groups is 1. The Kier molecular flexibility index (Phi) is 7.60. The summed E-state index contributed by atoms with van der Waals surface area (Å²) in [6, 6.07) is 15.2. The minimum absolute atomic E-state index is 0.0848. The summed E-state index contributed by atoms with van der Waals surface area (Å²) in [4.78, 5) is 34.5. The van der Waals surface area contributed by atoms with Gasteiger partial charge in [0, 0.05) is 68.2 Å². The number of aromatic nitrogens is 2. The van der Waals surface area contributed by atoms with Crippen molar-refractivity contribution >= 4 is 17.5 Å². The van der Waals surface area contributed by atoms with E-state index in [1.165, 1.54) is 0 Å². The summed E-state index contributed by atoms with van der Waals surface area (Å²) in [6.07, 6.45) is 6.16. The molecule has 2 aliphatic rings. The number of nitrogens with zero attached hydrogens (tertiary/aromatic N) is 4. The van der Waals surface area contributed by atoms with Gasteiger partial charge in [-0.05, 0) is 62.2 Å². The fraction of sp³-hybridized carbons (Fsp3) is 0.414. The highest BCUT2D eigenvalue weighted by molar-refractivity contribution is 5.98. The van der Waals surface area contributed by atoms with E-state index in [0.29, 0.717) is 24.3 Å².